The monoisotopic (exact) mass is 233 g/mol. The summed E-state index contributed by atoms with van der Waals surface area (Å²) in [4.78, 5) is 22.1. The molecule has 1 aliphatic rings. The van der Waals surface area contributed by atoms with Gasteiger partial charge in [0.2, 0.25) is 0 Å². The van der Waals surface area contributed by atoms with Crippen molar-refractivity contribution in [1.82, 2.24) is 0 Å². The highest BCUT2D eigenvalue weighted by molar-refractivity contribution is 5.82. The van der Waals surface area contributed by atoms with E-state index in [0.29, 0.717) is 17.9 Å². The topological polar surface area (TPSA) is 60.2 Å². The molecule has 0 radical (unpaired) electrons. The lowest BCUT2D eigenvalue weighted by molar-refractivity contribution is -0.385. The molecule has 90 valence electrons. The Hall–Kier alpha value is -1.71. The molecule has 17 heavy (non-hydrogen) atoms. The molecular formula is C13H15NO3. The number of para-hydroxylation sites is 1. The minimum absolute atomic E-state index is 0.0504. The summed E-state index contributed by atoms with van der Waals surface area (Å²) >= 11 is 0. The number of benzene rings is 1. The Labute approximate surface area is 99.8 Å². The highest BCUT2D eigenvalue weighted by Crippen LogP contribution is 2.30. The van der Waals surface area contributed by atoms with Crippen LogP contribution in [0.3, 0.4) is 0 Å². The molecule has 1 fully saturated rings. The maximum absolute atomic E-state index is 11.8. The van der Waals surface area contributed by atoms with Gasteiger partial charge in [0.25, 0.3) is 5.69 Å². The zero-order chi connectivity index (χ0) is 12.3. The number of hydrogen-bond acceptors (Lipinski definition) is 3. The Morgan fingerprint density at radius 1 is 1.35 bits per heavy atom. The average Bonchev–Trinajstić information content (AvgIpc) is 2.24. The SMILES string of the molecule is O=C(Cc1ccccc1[N+](=O)[O-])CC1CCC1. The van der Waals surface area contributed by atoms with Crippen LogP contribution in [0.15, 0.2) is 24.3 Å². The lowest BCUT2D eigenvalue weighted by Gasteiger charge is -2.24. The smallest absolute Gasteiger partial charge is 0.273 e. The predicted octanol–water partition coefficient (Wildman–Crippen LogP) is 2.90. The van der Waals surface area contributed by atoms with Crippen molar-refractivity contribution in [3.05, 3.63) is 39.9 Å². The van der Waals surface area contributed by atoms with Crippen molar-refractivity contribution in [3.63, 3.8) is 0 Å². The number of carbonyl (C=O) groups excluding carboxylic acids is 1. The molecule has 0 N–H and O–H groups in total. The number of rotatable bonds is 5. The van der Waals surface area contributed by atoms with Crippen molar-refractivity contribution in [2.75, 3.05) is 0 Å². The lowest BCUT2D eigenvalue weighted by Crippen LogP contribution is -2.17. The zero-order valence-corrected chi connectivity index (χ0v) is 9.59. The summed E-state index contributed by atoms with van der Waals surface area (Å²) in [6, 6.07) is 6.47. The van der Waals surface area contributed by atoms with Gasteiger partial charge in [-0.2, -0.15) is 0 Å². The first-order chi connectivity index (χ1) is 8.16. The predicted molar refractivity (Wildman–Crippen MR) is 63.8 cm³/mol. The first kappa shape index (κ1) is 11.8. The molecule has 0 bridgehead atoms. The van der Waals surface area contributed by atoms with E-state index < -0.39 is 4.92 Å². The quantitative estimate of drug-likeness (QED) is 0.580. The Morgan fingerprint density at radius 3 is 2.65 bits per heavy atom. The van der Waals surface area contributed by atoms with Crippen molar-refractivity contribution in [1.29, 1.82) is 0 Å². The van der Waals surface area contributed by atoms with Crippen LogP contribution in [0.1, 0.15) is 31.2 Å². The first-order valence-corrected chi connectivity index (χ1v) is 5.91. The number of carbonyl (C=O) groups is 1. The summed E-state index contributed by atoms with van der Waals surface area (Å²) in [6.45, 7) is 0. The second kappa shape index (κ2) is 5.08. The minimum atomic E-state index is -0.425. The molecule has 0 atom stereocenters. The van der Waals surface area contributed by atoms with Gasteiger partial charge in [0.1, 0.15) is 5.78 Å². The maximum Gasteiger partial charge on any atom is 0.273 e. The van der Waals surface area contributed by atoms with Gasteiger partial charge in [-0.05, 0) is 5.92 Å². The maximum atomic E-state index is 11.8. The van der Waals surface area contributed by atoms with Crippen LogP contribution < -0.4 is 0 Å². The van der Waals surface area contributed by atoms with E-state index in [4.69, 9.17) is 0 Å². The largest absolute Gasteiger partial charge is 0.299 e. The number of nitrogens with zero attached hydrogens (tertiary/aromatic N) is 1. The van der Waals surface area contributed by atoms with Gasteiger partial charge in [0.15, 0.2) is 0 Å². The Kier molecular flexibility index (Phi) is 3.52. The summed E-state index contributed by atoms with van der Waals surface area (Å²) in [5, 5.41) is 10.8. The van der Waals surface area contributed by atoms with E-state index in [2.05, 4.69) is 0 Å². The Bertz CT molecular complexity index is 438. The molecule has 0 aromatic heterocycles. The van der Waals surface area contributed by atoms with E-state index in [1.165, 1.54) is 12.5 Å². The Morgan fingerprint density at radius 2 is 2.06 bits per heavy atom. The van der Waals surface area contributed by atoms with Crippen molar-refractivity contribution in [2.45, 2.75) is 32.1 Å². The standard InChI is InChI=1S/C13H15NO3/c15-12(8-10-4-3-5-10)9-11-6-1-2-7-13(11)14(16)17/h1-2,6-7,10H,3-5,8-9H2. The van der Waals surface area contributed by atoms with E-state index in [9.17, 15) is 14.9 Å². The molecule has 1 saturated carbocycles. The fourth-order valence-electron chi connectivity index (χ4n) is 2.14. The van der Waals surface area contributed by atoms with Gasteiger partial charge < -0.3 is 0 Å². The van der Waals surface area contributed by atoms with Crippen molar-refractivity contribution in [2.24, 2.45) is 5.92 Å². The van der Waals surface area contributed by atoms with E-state index >= 15 is 0 Å². The number of Topliss-reactive ketones (excluding diaryl/α,β-unsaturated/α-hetero) is 1. The van der Waals surface area contributed by atoms with Gasteiger partial charge in [-0.3, -0.25) is 14.9 Å². The third kappa shape index (κ3) is 2.90. The molecule has 0 unspecified atom stereocenters. The molecule has 2 rings (SSSR count). The van der Waals surface area contributed by atoms with E-state index in [1.54, 1.807) is 18.2 Å². The van der Waals surface area contributed by atoms with Gasteiger partial charge in [-0.25, -0.2) is 0 Å². The third-order valence-corrected chi connectivity index (χ3v) is 3.32. The summed E-state index contributed by atoms with van der Waals surface area (Å²) in [5.74, 6) is 0.634. The zero-order valence-electron chi connectivity index (χ0n) is 9.59. The van der Waals surface area contributed by atoms with Crippen LogP contribution in [0.4, 0.5) is 5.69 Å². The molecule has 1 aliphatic carbocycles. The van der Waals surface area contributed by atoms with Crippen LogP contribution in [-0.2, 0) is 11.2 Å². The molecule has 0 spiro atoms. The fraction of sp³-hybridized carbons (Fsp3) is 0.462. The average molecular weight is 233 g/mol. The van der Waals surface area contributed by atoms with Crippen LogP contribution in [0.25, 0.3) is 0 Å². The molecule has 0 aliphatic heterocycles. The summed E-state index contributed by atoms with van der Waals surface area (Å²) in [5.41, 5.74) is 0.580. The highest BCUT2D eigenvalue weighted by Gasteiger charge is 2.22. The molecule has 0 saturated heterocycles. The second-order valence-corrected chi connectivity index (χ2v) is 4.60. The number of ketones is 1. The van der Waals surface area contributed by atoms with Crippen molar-refractivity contribution in [3.8, 4) is 0 Å². The number of hydrogen-bond donors (Lipinski definition) is 0. The van der Waals surface area contributed by atoms with Gasteiger partial charge in [0.05, 0.1) is 4.92 Å². The summed E-state index contributed by atoms with van der Waals surface area (Å²) < 4.78 is 0. The van der Waals surface area contributed by atoms with Crippen LogP contribution in [0, 0.1) is 16.0 Å². The van der Waals surface area contributed by atoms with Crippen LogP contribution in [-0.4, -0.2) is 10.7 Å². The van der Waals surface area contributed by atoms with Crippen LogP contribution in [0.5, 0.6) is 0 Å². The molecule has 4 heteroatoms. The molecule has 4 nitrogen and oxygen atoms in total. The second-order valence-electron chi connectivity index (χ2n) is 4.60. The normalized spacial score (nSPS) is 15.3. The fourth-order valence-corrected chi connectivity index (χ4v) is 2.14. The highest BCUT2D eigenvalue weighted by atomic mass is 16.6. The Balaban J connectivity index is 2.01. The van der Waals surface area contributed by atoms with E-state index in [1.807, 2.05) is 0 Å². The summed E-state index contributed by atoms with van der Waals surface area (Å²) in [7, 11) is 0. The van der Waals surface area contributed by atoms with E-state index in [-0.39, 0.29) is 17.9 Å². The van der Waals surface area contributed by atoms with Crippen molar-refractivity contribution < 1.29 is 9.72 Å². The first-order valence-electron chi connectivity index (χ1n) is 5.91. The van der Waals surface area contributed by atoms with Crippen molar-refractivity contribution >= 4 is 11.5 Å². The number of nitro groups is 1. The third-order valence-electron chi connectivity index (χ3n) is 3.32. The van der Waals surface area contributed by atoms with Gasteiger partial charge >= 0.3 is 0 Å². The van der Waals surface area contributed by atoms with Crippen LogP contribution >= 0.6 is 0 Å². The summed E-state index contributed by atoms with van der Waals surface area (Å²) in [6.07, 6.45) is 4.23. The minimum Gasteiger partial charge on any atom is -0.299 e. The lowest BCUT2D eigenvalue weighted by atomic mass is 9.81. The molecular weight excluding hydrogens is 218 g/mol. The van der Waals surface area contributed by atoms with Gasteiger partial charge in [-0.1, -0.05) is 37.5 Å². The van der Waals surface area contributed by atoms with Crippen LogP contribution in [0.2, 0.25) is 0 Å². The molecule has 0 amide bonds. The molecule has 0 heterocycles. The van der Waals surface area contributed by atoms with E-state index in [0.717, 1.165) is 12.8 Å². The molecule has 1 aromatic rings. The molecule has 1 aromatic carbocycles. The van der Waals surface area contributed by atoms with Gasteiger partial charge in [-0.15, -0.1) is 0 Å². The number of nitro benzene ring substituents is 1. The van der Waals surface area contributed by atoms with Gasteiger partial charge in [0, 0.05) is 24.5 Å².